The van der Waals surface area contributed by atoms with Crippen molar-refractivity contribution in [3.63, 3.8) is 0 Å². The quantitative estimate of drug-likeness (QED) is 0.713. The molecule has 2 aromatic heterocycles. The van der Waals surface area contributed by atoms with Gasteiger partial charge in [-0.1, -0.05) is 26.0 Å². The summed E-state index contributed by atoms with van der Waals surface area (Å²) in [4.78, 5) is 27.7. The van der Waals surface area contributed by atoms with Crippen molar-refractivity contribution in [2.45, 2.75) is 40.2 Å². The van der Waals surface area contributed by atoms with Crippen molar-refractivity contribution < 1.29 is 4.79 Å². The van der Waals surface area contributed by atoms with Crippen LogP contribution in [0, 0.1) is 13.8 Å². The van der Waals surface area contributed by atoms with Gasteiger partial charge in [-0.25, -0.2) is 0 Å². The van der Waals surface area contributed by atoms with E-state index in [4.69, 9.17) is 0 Å². The van der Waals surface area contributed by atoms with Crippen molar-refractivity contribution in [3.8, 4) is 11.3 Å². The van der Waals surface area contributed by atoms with Gasteiger partial charge in [-0.2, -0.15) is 10.2 Å². The fourth-order valence-corrected chi connectivity index (χ4v) is 2.88. The standard InChI is InChI=1S/C22H24N4O2/c1-13(2)18-8-9-19(26-25-18)16-6-5-7-17(10-16)22(28)24-12-20-15(4)21(27)14(3)11-23-20/h5-11,13H,12H2,1-4H3,(H,23,27)(H,24,28). The first-order chi connectivity index (χ1) is 13.4. The first-order valence-corrected chi connectivity index (χ1v) is 9.27. The van der Waals surface area contributed by atoms with Crippen LogP contribution >= 0.6 is 0 Å². The Kier molecular flexibility index (Phi) is 5.68. The molecule has 0 atom stereocenters. The van der Waals surface area contributed by atoms with E-state index in [-0.39, 0.29) is 17.9 Å². The third kappa shape index (κ3) is 4.17. The van der Waals surface area contributed by atoms with E-state index in [9.17, 15) is 9.59 Å². The largest absolute Gasteiger partial charge is 0.363 e. The van der Waals surface area contributed by atoms with Crippen LogP contribution in [0.3, 0.4) is 0 Å². The number of nitrogens with one attached hydrogen (secondary N) is 2. The van der Waals surface area contributed by atoms with Gasteiger partial charge in [0.1, 0.15) is 0 Å². The number of hydrogen-bond donors (Lipinski definition) is 2. The lowest BCUT2D eigenvalue weighted by Crippen LogP contribution is -2.25. The molecule has 1 amide bonds. The van der Waals surface area contributed by atoms with Crippen LogP contribution in [0.1, 0.15) is 52.6 Å². The van der Waals surface area contributed by atoms with Gasteiger partial charge in [-0.15, -0.1) is 0 Å². The molecule has 1 aromatic carbocycles. The average Bonchev–Trinajstić information content (AvgIpc) is 2.71. The fourth-order valence-electron chi connectivity index (χ4n) is 2.88. The van der Waals surface area contributed by atoms with E-state index < -0.39 is 0 Å². The van der Waals surface area contributed by atoms with Gasteiger partial charge in [0, 0.05) is 34.1 Å². The summed E-state index contributed by atoms with van der Waals surface area (Å²) in [5, 5.41) is 11.4. The van der Waals surface area contributed by atoms with E-state index in [2.05, 4.69) is 34.3 Å². The number of carbonyl (C=O) groups excluding carboxylic acids is 1. The van der Waals surface area contributed by atoms with E-state index in [0.717, 1.165) is 17.0 Å². The summed E-state index contributed by atoms with van der Waals surface area (Å²) in [7, 11) is 0. The first kappa shape index (κ1) is 19.5. The number of aryl methyl sites for hydroxylation is 1. The molecule has 2 heterocycles. The third-order valence-electron chi connectivity index (χ3n) is 4.74. The van der Waals surface area contributed by atoms with E-state index in [0.29, 0.717) is 28.3 Å². The molecule has 0 bridgehead atoms. The number of benzene rings is 1. The Morgan fingerprint density at radius 3 is 2.61 bits per heavy atom. The zero-order valence-corrected chi connectivity index (χ0v) is 16.5. The van der Waals surface area contributed by atoms with Crippen molar-refractivity contribution in [2.24, 2.45) is 0 Å². The summed E-state index contributed by atoms with van der Waals surface area (Å²) < 4.78 is 0. The molecule has 0 saturated carbocycles. The molecule has 28 heavy (non-hydrogen) atoms. The summed E-state index contributed by atoms with van der Waals surface area (Å²) in [6, 6.07) is 11.1. The van der Waals surface area contributed by atoms with Crippen LogP contribution in [0.15, 0.2) is 47.4 Å². The molecule has 0 fully saturated rings. The monoisotopic (exact) mass is 376 g/mol. The van der Waals surface area contributed by atoms with E-state index >= 15 is 0 Å². The van der Waals surface area contributed by atoms with Crippen molar-refractivity contribution in [2.75, 3.05) is 0 Å². The van der Waals surface area contributed by atoms with Crippen molar-refractivity contribution in [1.29, 1.82) is 0 Å². The molecule has 0 spiro atoms. The van der Waals surface area contributed by atoms with Crippen LogP contribution in [0.4, 0.5) is 0 Å². The summed E-state index contributed by atoms with van der Waals surface area (Å²) in [5.74, 6) is 0.102. The number of hydrogen-bond acceptors (Lipinski definition) is 4. The lowest BCUT2D eigenvalue weighted by Gasteiger charge is -2.10. The maximum absolute atomic E-state index is 12.6. The van der Waals surface area contributed by atoms with Crippen LogP contribution < -0.4 is 10.7 Å². The van der Waals surface area contributed by atoms with Crippen LogP contribution in [-0.2, 0) is 6.54 Å². The van der Waals surface area contributed by atoms with Crippen molar-refractivity contribution in [1.82, 2.24) is 20.5 Å². The second-order valence-electron chi connectivity index (χ2n) is 7.17. The van der Waals surface area contributed by atoms with E-state index in [1.54, 1.807) is 32.2 Å². The van der Waals surface area contributed by atoms with Gasteiger partial charge < -0.3 is 10.3 Å². The Morgan fingerprint density at radius 2 is 1.93 bits per heavy atom. The zero-order chi connectivity index (χ0) is 20.3. The number of H-pyrrole nitrogens is 1. The van der Waals surface area contributed by atoms with Crippen molar-refractivity contribution in [3.05, 3.63) is 80.9 Å². The predicted molar refractivity (Wildman–Crippen MR) is 109 cm³/mol. The molecule has 6 heteroatoms. The normalized spacial score (nSPS) is 10.9. The van der Waals surface area contributed by atoms with Gasteiger partial charge in [-0.3, -0.25) is 9.59 Å². The highest BCUT2D eigenvalue weighted by Gasteiger charge is 2.11. The van der Waals surface area contributed by atoms with Gasteiger partial charge in [-0.05, 0) is 44.0 Å². The lowest BCUT2D eigenvalue weighted by atomic mass is 10.1. The van der Waals surface area contributed by atoms with E-state index in [1.165, 1.54) is 0 Å². The highest BCUT2D eigenvalue weighted by molar-refractivity contribution is 5.95. The molecule has 144 valence electrons. The van der Waals surface area contributed by atoms with Gasteiger partial charge in [0.25, 0.3) is 5.91 Å². The van der Waals surface area contributed by atoms with Crippen LogP contribution in [0.2, 0.25) is 0 Å². The van der Waals surface area contributed by atoms with Gasteiger partial charge in [0.15, 0.2) is 5.43 Å². The smallest absolute Gasteiger partial charge is 0.251 e. The highest BCUT2D eigenvalue weighted by Crippen LogP contribution is 2.19. The molecule has 0 radical (unpaired) electrons. The summed E-state index contributed by atoms with van der Waals surface area (Å²) in [6.45, 7) is 7.91. The molecule has 3 aromatic rings. The SMILES string of the molecule is Cc1c[nH]c(CNC(=O)c2cccc(-c3ccc(C(C)C)nn3)c2)c(C)c1=O. The molecule has 0 aliphatic heterocycles. The summed E-state index contributed by atoms with van der Waals surface area (Å²) >= 11 is 0. The third-order valence-corrected chi connectivity index (χ3v) is 4.74. The molecular weight excluding hydrogens is 352 g/mol. The molecule has 6 nitrogen and oxygen atoms in total. The van der Waals surface area contributed by atoms with Gasteiger partial charge >= 0.3 is 0 Å². The zero-order valence-electron chi connectivity index (χ0n) is 16.5. The Morgan fingerprint density at radius 1 is 1.14 bits per heavy atom. The minimum Gasteiger partial charge on any atom is -0.363 e. The lowest BCUT2D eigenvalue weighted by molar-refractivity contribution is 0.0950. The summed E-state index contributed by atoms with van der Waals surface area (Å²) in [5.41, 5.74) is 4.98. The molecule has 3 rings (SSSR count). The topological polar surface area (TPSA) is 87.7 Å². The molecule has 0 aliphatic rings. The Labute approximate surface area is 164 Å². The first-order valence-electron chi connectivity index (χ1n) is 9.27. The van der Waals surface area contributed by atoms with Gasteiger partial charge in [0.05, 0.1) is 17.9 Å². The maximum atomic E-state index is 12.6. The number of amides is 1. The minimum absolute atomic E-state index is 0.00610. The molecular formula is C22H24N4O2. The fraction of sp³-hybridized carbons (Fsp3) is 0.273. The van der Waals surface area contributed by atoms with Crippen molar-refractivity contribution >= 4 is 5.91 Å². The van der Waals surface area contributed by atoms with Gasteiger partial charge in [0.2, 0.25) is 0 Å². The summed E-state index contributed by atoms with van der Waals surface area (Å²) in [6.07, 6.45) is 1.66. The van der Waals surface area contributed by atoms with E-state index in [1.807, 2.05) is 24.3 Å². The average molecular weight is 376 g/mol. The van der Waals surface area contributed by atoms with Crippen LogP contribution in [-0.4, -0.2) is 21.1 Å². The van der Waals surface area contributed by atoms with Crippen LogP contribution in [0.25, 0.3) is 11.3 Å². The Balaban J connectivity index is 1.75. The Hall–Kier alpha value is -3.28. The Bertz CT molecular complexity index is 1050. The number of nitrogens with zero attached hydrogens (tertiary/aromatic N) is 2. The van der Waals surface area contributed by atoms with Crippen LogP contribution in [0.5, 0.6) is 0 Å². The highest BCUT2D eigenvalue weighted by atomic mass is 16.1. The second kappa shape index (κ2) is 8.17. The number of pyridine rings is 1. The second-order valence-corrected chi connectivity index (χ2v) is 7.17. The molecule has 0 saturated heterocycles. The molecule has 0 aliphatic carbocycles. The molecule has 0 unspecified atom stereocenters. The number of rotatable bonds is 5. The maximum Gasteiger partial charge on any atom is 0.251 e. The predicted octanol–water partition coefficient (Wildman–Crippen LogP) is 3.50. The number of aromatic nitrogens is 3. The molecule has 2 N–H and O–H groups in total. The minimum atomic E-state index is -0.213. The number of aromatic amines is 1. The number of carbonyl (C=O) groups is 1.